The number of sulfone groups is 1. The maximum Gasteiger partial charge on any atom is 0.235 e. The van der Waals surface area contributed by atoms with Gasteiger partial charge in [-0.15, -0.1) is 0 Å². The SMILES string of the molecule is COc1ccc2c(c1)[C@]1(C[C@H]1C1CCC3C(C1)NNC3Nc1cnc(S(C)(=O)=O)cc1OC)C(=O)N2. The molecule has 4 N–H and O–H groups in total. The zero-order chi connectivity index (χ0) is 25.2. The van der Waals surface area contributed by atoms with E-state index in [1.165, 1.54) is 19.4 Å². The Kier molecular flexibility index (Phi) is 5.43. The smallest absolute Gasteiger partial charge is 0.235 e. The van der Waals surface area contributed by atoms with E-state index in [2.05, 4.69) is 26.5 Å². The van der Waals surface area contributed by atoms with Gasteiger partial charge in [0.05, 0.1) is 37.7 Å². The fourth-order valence-electron chi connectivity index (χ4n) is 6.58. The average Bonchev–Trinajstić information content (AvgIpc) is 3.42. The van der Waals surface area contributed by atoms with Crippen molar-refractivity contribution in [2.75, 3.05) is 31.1 Å². The third-order valence-corrected chi connectivity index (χ3v) is 9.48. The van der Waals surface area contributed by atoms with Crippen molar-refractivity contribution in [3.05, 3.63) is 36.0 Å². The second-order valence-corrected chi connectivity index (χ2v) is 12.4. The van der Waals surface area contributed by atoms with E-state index >= 15 is 0 Å². The number of benzene rings is 1. The number of aromatic nitrogens is 1. The highest BCUT2D eigenvalue weighted by atomic mass is 32.2. The normalized spacial score (nSPS) is 32.5. The van der Waals surface area contributed by atoms with Crippen molar-refractivity contribution < 1.29 is 22.7 Å². The molecule has 6 rings (SSSR count). The van der Waals surface area contributed by atoms with Gasteiger partial charge < -0.3 is 20.1 Å². The lowest BCUT2D eigenvalue weighted by atomic mass is 9.74. The van der Waals surface area contributed by atoms with Gasteiger partial charge in [0, 0.05) is 30.0 Å². The molecule has 36 heavy (non-hydrogen) atoms. The highest BCUT2D eigenvalue weighted by molar-refractivity contribution is 7.90. The minimum absolute atomic E-state index is 0.0192. The predicted octanol–water partition coefficient (Wildman–Crippen LogP) is 2.04. The van der Waals surface area contributed by atoms with Crippen molar-refractivity contribution in [3.8, 4) is 11.5 Å². The number of anilines is 2. The van der Waals surface area contributed by atoms with Gasteiger partial charge in [0.25, 0.3) is 0 Å². The standard InChI is InChI=1S/C25H31N5O5S/c1-34-14-5-7-18-16(9-14)25(24(31)28-18)11-17(25)13-4-6-15-19(8-13)29-30-23(15)27-20-12-26-22(36(3,32)33)10-21(20)35-2/h5,7,9-10,12-13,15,17,19,23,27,29-30H,4,6,8,11H2,1-3H3,(H,28,31)/t13?,15?,17-,19?,23?,25-/m0/s1. The molecule has 0 radical (unpaired) electrons. The largest absolute Gasteiger partial charge is 0.497 e. The number of hydrogen-bond acceptors (Lipinski definition) is 9. The molecule has 192 valence electrons. The third kappa shape index (κ3) is 3.63. The number of methoxy groups -OCH3 is 2. The van der Waals surface area contributed by atoms with Crippen LogP contribution in [0.3, 0.4) is 0 Å². The van der Waals surface area contributed by atoms with E-state index < -0.39 is 15.3 Å². The first-order valence-electron chi connectivity index (χ1n) is 12.3. The summed E-state index contributed by atoms with van der Waals surface area (Å²) >= 11 is 0. The molecule has 10 nitrogen and oxygen atoms in total. The Bertz CT molecular complexity index is 1330. The topological polar surface area (TPSA) is 131 Å². The van der Waals surface area contributed by atoms with Gasteiger partial charge in [0.15, 0.2) is 14.9 Å². The molecule has 0 bridgehead atoms. The molecule has 2 aliphatic heterocycles. The van der Waals surface area contributed by atoms with Crippen LogP contribution in [0.4, 0.5) is 11.4 Å². The lowest BCUT2D eigenvalue weighted by Crippen LogP contribution is -2.39. The number of pyridine rings is 1. The van der Waals surface area contributed by atoms with E-state index in [4.69, 9.17) is 9.47 Å². The molecule has 1 spiro atoms. The summed E-state index contributed by atoms with van der Waals surface area (Å²) in [5, 5.41) is 6.51. The summed E-state index contributed by atoms with van der Waals surface area (Å²) in [6.45, 7) is 0. The third-order valence-electron chi connectivity index (χ3n) is 8.49. The van der Waals surface area contributed by atoms with Crippen LogP contribution < -0.4 is 31.0 Å². The van der Waals surface area contributed by atoms with E-state index in [9.17, 15) is 13.2 Å². The Morgan fingerprint density at radius 3 is 2.72 bits per heavy atom. The molecule has 1 amide bonds. The second-order valence-electron chi connectivity index (χ2n) is 10.4. The number of fused-ring (bicyclic) bond motifs is 3. The van der Waals surface area contributed by atoms with Crippen molar-refractivity contribution >= 4 is 27.1 Å². The van der Waals surface area contributed by atoms with Crippen molar-refractivity contribution in [2.24, 2.45) is 17.8 Å². The maximum absolute atomic E-state index is 13.1. The molecule has 3 heterocycles. The lowest BCUT2D eigenvalue weighted by molar-refractivity contribution is -0.118. The minimum atomic E-state index is -3.43. The molecule has 1 aromatic carbocycles. The summed E-state index contributed by atoms with van der Waals surface area (Å²) in [4.78, 5) is 17.2. The van der Waals surface area contributed by atoms with Crippen LogP contribution >= 0.6 is 0 Å². The van der Waals surface area contributed by atoms with Crippen molar-refractivity contribution in [3.63, 3.8) is 0 Å². The number of carbonyl (C=O) groups is 1. The number of rotatable bonds is 6. The molecule has 6 atom stereocenters. The molecular formula is C25H31N5O5S. The molecule has 4 unspecified atom stereocenters. The van der Waals surface area contributed by atoms with Gasteiger partial charge in [-0.25, -0.2) is 18.8 Å². The van der Waals surface area contributed by atoms with Crippen molar-refractivity contribution in [1.29, 1.82) is 0 Å². The highest BCUT2D eigenvalue weighted by Crippen LogP contribution is 2.65. The van der Waals surface area contributed by atoms with Gasteiger partial charge in [-0.2, -0.15) is 0 Å². The molecule has 2 aromatic rings. The Labute approximate surface area is 210 Å². The number of hydrazine groups is 1. The maximum atomic E-state index is 13.1. The molecular weight excluding hydrogens is 482 g/mol. The molecule has 11 heteroatoms. The van der Waals surface area contributed by atoms with Crippen LogP contribution in [0.15, 0.2) is 35.5 Å². The summed E-state index contributed by atoms with van der Waals surface area (Å²) in [5.74, 6) is 2.45. The number of carbonyl (C=O) groups excluding carboxylic acids is 1. The van der Waals surface area contributed by atoms with Gasteiger partial charge in [-0.1, -0.05) is 0 Å². The number of nitrogens with one attached hydrogen (secondary N) is 4. The van der Waals surface area contributed by atoms with Gasteiger partial charge in [0.2, 0.25) is 5.91 Å². The van der Waals surface area contributed by atoms with Crippen LogP contribution in [-0.4, -0.2) is 52.0 Å². The number of nitrogens with zero attached hydrogens (tertiary/aromatic N) is 1. The van der Waals surface area contributed by atoms with Crippen LogP contribution in [0.1, 0.15) is 31.2 Å². The van der Waals surface area contributed by atoms with Gasteiger partial charge >= 0.3 is 0 Å². The molecule has 1 aromatic heterocycles. The molecule has 1 saturated heterocycles. The summed E-state index contributed by atoms with van der Waals surface area (Å²) in [6, 6.07) is 7.56. The first-order chi connectivity index (χ1) is 17.2. The molecule has 3 fully saturated rings. The Balaban J connectivity index is 1.15. The first-order valence-corrected chi connectivity index (χ1v) is 14.2. The van der Waals surface area contributed by atoms with Gasteiger partial charge in [-0.05, 0) is 61.3 Å². The molecule has 2 aliphatic carbocycles. The van der Waals surface area contributed by atoms with Crippen LogP contribution in [-0.2, 0) is 20.0 Å². The van der Waals surface area contributed by atoms with Crippen LogP contribution in [0.2, 0.25) is 0 Å². The monoisotopic (exact) mass is 513 g/mol. The number of amides is 1. The predicted molar refractivity (Wildman–Crippen MR) is 134 cm³/mol. The van der Waals surface area contributed by atoms with Gasteiger partial charge in [-0.3, -0.25) is 10.2 Å². The summed E-state index contributed by atoms with van der Waals surface area (Å²) in [6.07, 6.45) is 6.50. The van der Waals surface area contributed by atoms with Crippen LogP contribution in [0.25, 0.3) is 0 Å². The Hall–Kier alpha value is -2.89. The lowest BCUT2D eigenvalue weighted by Gasteiger charge is -2.34. The van der Waals surface area contributed by atoms with E-state index in [0.29, 0.717) is 29.2 Å². The average molecular weight is 514 g/mol. The zero-order valence-corrected chi connectivity index (χ0v) is 21.3. The number of hydrogen-bond donors (Lipinski definition) is 4. The van der Waals surface area contributed by atoms with Crippen LogP contribution in [0, 0.1) is 17.8 Å². The highest BCUT2D eigenvalue weighted by Gasteiger charge is 2.67. The van der Waals surface area contributed by atoms with E-state index in [1.54, 1.807) is 7.11 Å². The zero-order valence-electron chi connectivity index (χ0n) is 20.5. The Morgan fingerprint density at radius 2 is 1.97 bits per heavy atom. The van der Waals surface area contributed by atoms with E-state index in [0.717, 1.165) is 48.9 Å². The fourth-order valence-corrected chi connectivity index (χ4v) is 7.15. The fraction of sp³-hybridized carbons (Fsp3) is 0.520. The van der Waals surface area contributed by atoms with Crippen LogP contribution in [0.5, 0.6) is 11.5 Å². The minimum Gasteiger partial charge on any atom is -0.497 e. The second kappa shape index (κ2) is 8.32. The molecule has 2 saturated carbocycles. The molecule has 4 aliphatic rings. The Morgan fingerprint density at radius 1 is 1.14 bits per heavy atom. The van der Waals surface area contributed by atoms with Gasteiger partial charge in [0.1, 0.15) is 11.5 Å². The first kappa shape index (κ1) is 23.5. The van der Waals surface area contributed by atoms with Crippen molar-refractivity contribution in [2.45, 2.75) is 48.3 Å². The quantitative estimate of drug-likeness (QED) is 0.458. The van der Waals surface area contributed by atoms with E-state index in [1.807, 2.05) is 18.2 Å². The summed E-state index contributed by atoms with van der Waals surface area (Å²) in [7, 11) is -0.260. The summed E-state index contributed by atoms with van der Waals surface area (Å²) in [5.41, 5.74) is 9.02. The van der Waals surface area contributed by atoms with Crippen molar-refractivity contribution in [1.82, 2.24) is 15.8 Å². The number of ether oxygens (including phenoxy) is 2. The summed E-state index contributed by atoms with van der Waals surface area (Å²) < 4.78 is 34.6. The van der Waals surface area contributed by atoms with E-state index in [-0.39, 0.29) is 23.1 Å².